The predicted octanol–water partition coefficient (Wildman–Crippen LogP) is 3.61. The Morgan fingerprint density at radius 1 is 1.40 bits per heavy atom. The Morgan fingerprint density at radius 3 is 2.60 bits per heavy atom. The highest BCUT2D eigenvalue weighted by molar-refractivity contribution is 5.49. The minimum atomic E-state index is 0.138. The molecule has 0 aliphatic heterocycles. The molecule has 1 aromatic rings. The van der Waals surface area contributed by atoms with Crippen LogP contribution in [0.3, 0.4) is 0 Å². The van der Waals surface area contributed by atoms with Gasteiger partial charge in [0, 0.05) is 11.0 Å². The number of rotatable bonds is 2. The summed E-state index contributed by atoms with van der Waals surface area (Å²) < 4.78 is 5.46. The van der Waals surface area contributed by atoms with Gasteiger partial charge in [-0.3, -0.25) is 0 Å². The maximum Gasteiger partial charge on any atom is 0.123 e. The average molecular weight is 202 g/mol. The SMILES string of the molecule is C=C1CC[C@@]1(C)c1ccc(C)cc1OC. The van der Waals surface area contributed by atoms with Gasteiger partial charge in [-0.2, -0.15) is 0 Å². The molecule has 15 heavy (non-hydrogen) atoms. The van der Waals surface area contributed by atoms with Gasteiger partial charge in [0.15, 0.2) is 0 Å². The standard InChI is InChI=1S/C14H18O/c1-10-5-6-12(13(9-10)15-4)14(3)8-7-11(14)2/h5-6,9H,2,7-8H2,1,3-4H3/t14-/m1/s1. The first-order valence-corrected chi connectivity index (χ1v) is 5.41. The first kappa shape index (κ1) is 10.3. The number of methoxy groups -OCH3 is 1. The predicted molar refractivity (Wildman–Crippen MR) is 63.5 cm³/mol. The Bertz CT molecular complexity index is 406. The second-order valence-corrected chi connectivity index (χ2v) is 4.64. The van der Waals surface area contributed by atoms with Gasteiger partial charge in [0.1, 0.15) is 5.75 Å². The van der Waals surface area contributed by atoms with Gasteiger partial charge < -0.3 is 4.74 Å². The van der Waals surface area contributed by atoms with Gasteiger partial charge in [-0.25, -0.2) is 0 Å². The monoisotopic (exact) mass is 202 g/mol. The molecule has 1 fully saturated rings. The van der Waals surface area contributed by atoms with Crippen LogP contribution in [0.2, 0.25) is 0 Å². The summed E-state index contributed by atoms with van der Waals surface area (Å²) in [6.45, 7) is 8.48. The highest BCUT2D eigenvalue weighted by Crippen LogP contribution is 2.49. The molecular formula is C14H18O. The fraction of sp³-hybridized carbons (Fsp3) is 0.429. The summed E-state index contributed by atoms with van der Waals surface area (Å²) in [5.74, 6) is 0.998. The lowest BCUT2D eigenvalue weighted by Crippen LogP contribution is -2.33. The molecule has 0 N–H and O–H groups in total. The molecule has 1 saturated carbocycles. The minimum Gasteiger partial charge on any atom is -0.496 e. The van der Waals surface area contributed by atoms with Gasteiger partial charge in [-0.05, 0) is 31.4 Å². The quantitative estimate of drug-likeness (QED) is 0.666. The fourth-order valence-corrected chi connectivity index (χ4v) is 2.26. The summed E-state index contributed by atoms with van der Waals surface area (Å²) in [6.07, 6.45) is 2.33. The summed E-state index contributed by atoms with van der Waals surface area (Å²) in [6, 6.07) is 6.43. The van der Waals surface area contributed by atoms with Crippen molar-refractivity contribution in [2.45, 2.75) is 32.1 Å². The zero-order chi connectivity index (χ0) is 11.1. The van der Waals surface area contributed by atoms with Gasteiger partial charge >= 0.3 is 0 Å². The van der Waals surface area contributed by atoms with E-state index in [1.807, 2.05) is 0 Å². The summed E-state index contributed by atoms with van der Waals surface area (Å²) in [7, 11) is 1.74. The molecule has 1 aliphatic rings. The third-order valence-electron chi connectivity index (χ3n) is 3.66. The van der Waals surface area contributed by atoms with E-state index in [1.165, 1.54) is 23.1 Å². The van der Waals surface area contributed by atoms with Crippen molar-refractivity contribution in [1.82, 2.24) is 0 Å². The third kappa shape index (κ3) is 1.46. The first-order valence-electron chi connectivity index (χ1n) is 5.41. The van der Waals surface area contributed by atoms with E-state index in [2.05, 4.69) is 38.6 Å². The zero-order valence-corrected chi connectivity index (χ0v) is 9.76. The molecule has 1 nitrogen and oxygen atoms in total. The van der Waals surface area contributed by atoms with E-state index in [1.54, 1.807) is 7.11 Å². The number of ether oxygens (including phenoxy) is 1. The number of aryl methyl sites for hydroxylation is 1. The van der Waals surface area contributed by atoms with Crippen molar-refractivity contribution in [3.05, 3.63) is 41.5 Å². The molecule has 0 saturated heterocycles. The largest absolute Gasteiger partial charge is 0.496 e. The molecule has 0 bridgehead atoms. The molecule has 0 spiro atoms. The fourth-order valence-electron chi connectivity index (χ4n) is 2.26. The van der Waals surface area contributed by atoms with Crippen LogP contribution in [0, 0.1) is 6.92 Å². The lowest BCUT2D eigenvalue weighted by atomic mass is 9.62. The van der Waals surface area contributed by atoms with Crippen LogP contribution in [0.15, 0.2) is 30.4 Å². The molecule has 1 aliphatic carbocycles. The van der Waals surface area contributed by atoms with Crippen molar-refractivity contribution >= 4 is 0 Å². The van der Waals surface area contributed by atoms with Crippen LogP contribution in [0.4, 0.5) is 0 Å². The zero-order valence-electron chi connectivity index (χ0n) is 9.76. The van der Waals surface area contributed by atoms with Crippen molar-refractivity contribution in [2.75, 3.05) is 7.11 Å². The van der Waals surface area contributed by atoms with Crippen LogP contribution in [-0.2, 0) is 5.41 Å². The van der Waals surface area contributed by atoms with Gasteiger partial charge in [0.05, 0.1) is 7.11 Å². The Labute approximate surface area is 91.8 Å². The Balaban J connectivity index is 2.48. The van der Waals surface area contributed by atoms with Gasteiger partial charge in [-0.15, -0.1) is 0 Å². The lowest BCUT2D eigenvalue weighted by molar-refractivity contribution is 0.357. The van der Waals surface area contributed by atoms with E-state index in [9.17, 15) is 0 Å². The minimum absolute atomic E-state index is 0.138. The van der Waals surface area contributed by atoms with Crippen LogP contribution in [0.25, 0.3) is 0 Å². The molecular weight excluding hydrogens is 184 g/mol. The average Bonchev–Trinajstić information content (AvgIpc) is 2.25. The molecule has 1 heteroatoms. The smallest absolute Gasteiger partial charge is 0.123 e. The number of hydrogen-bond acceptors (Lipinski definition) is 1. The maximum absolute atomic E-state index is 5.46. The number of benzene rings is 1. The summed E-state index contributed by atoms with van der Waals surface area (Å²) in [5.41, 5.74) is 3.99. The van der Waals surface area contributed by atoms with Crippen molar-refractivity contribution in [2.24, 2.45) is 0 Å². The van der Waals surface area contributed by atoms with E-state index in [0.29, 0.717) is 0 Å². The van der Waals surface area contributed by atoms with Crippen LogP contribution >= 0.6 is 0 Å². The van der Waals surface area contributed by atoms with Crippen LogP contribution < -0.4 is 4.74 Å². The molecule has 0 aromatic heterocycles. The van der Waals surface area contributed by atoms with Crippen LogP contribution in [0.1, 0.15) is 30.9 Å². The molecule has 0 amide bonds. The van der Waals surface area contributed by atoms with Crippen LogP contribution in [0.5, 0.6) is 5.75 Å². The molecule has 1 aromatic carbocycles. The summed E-state index contributed by atoms with van der Waals surface area (Å²) >= 11 is 0. The van der Waals surface area contributed by atoms with Crippen molar-refractivity contribution in [1.29, 1.82) is 0 Å². The Hall–Kier alpha value is -1.24. The van der Waals surface area contributed by atoms with Crippen molar-refractivity contribution < 1.29 is 4.74 Å². The molecule has 0 unspecified atom stereocenters. The van der Waals surface area contributed by atoms with Crippen molar-refractivity contribution in [3.63, 3.8) is 0 Å². The molecule has 1 atom stereocenters. The van der Waals surface area contributed by atoms with Gasteiger partial charge in [0.2, 0.25) is 0 Å². The van der Waals surface area contributed by atoms with E-state index in [0.717, 1.165) is 12.2 Å². The molecule has 0 heterocycles. The van der Waals surface area contributed by atoms with Crippen molar-refractivity contribution in [3.8, 4) is 5.75 Å². The normalized spacial score (nSPS) is 24.9. The van der Waals surface area contributed by atoms with E-state index < -0.39 is 0 Å². The molecule has 80 valence electrons. The van der Waals surface area contributed by atoms with Gasteiger partial charge in [0.25, 0.3) is 0 Å². The maximum atomic E-state index is 5.46. The van der Waals surface area contributed by atoms with E-state index in [-0.39, 0.29) is 5.41 Å². The highest BCUT2D eigenvalue weighted by Gasteiger charge is 2.39. The van der Waals surface area contributed by atoms with E-state index >= 15 is 0 Å². The second-order valence-electron chi connectivity index (χ2n) is 4.64. The second kappa shape index (κ2) is 3.41. The molecule has 0 radical (unpaired) electrons. The topological polar surface area (TPSA) is 9.23 Å². The Kier molecular flexibility index (Phi) is 2.34. The summed E-state index contributed by atoms with van der Waals surface area (Å²) in [4.78, 5) is 0. The molecule has 2 rings (SSSR count). The third-order valence-corrected chi connectivity index (χ3v) is 3.66. The number of hydrogen-bond donors (Lipinski definition) is 0. The summed E-state index contributed by atoms with van der Waals surface area (Å²) in [5, 5.41) is 0. The highest BCUT2D eigenvalue weighted by atomic mass is 16.5. The first-order chi connectivity index (χ1) is 7.08. The lowest BCUT2D eigenvalue weighted by Gasteiger charge is -2.42. The van der Waals surface area contributed by atoms with Crippen LogP contribution in [-0.4, -0.2) is 7.11 Å². The Morgan fingerprint density at radius 2 is 2.13 bits per heavy atom. The van der Waals surface area contributed by atoms with Gasteiger partial charge in [-0.1, -0.05) is 31.2 Å². The van der Waals surface area contributed by atoms with E-state index in [4.69, 9.17) is 4.74 Å². The number of allylic oxidation sites excluding steroid dienone is 1.